The molecule has 1 heteroatoms. The van der Waals surface area contributed by atoms with Crippen LogP contribution in [0.1, 0.15) is 58.8 Å². The average molecular weight is 170 g/mol. The lowest BCUT2D eigenvalue weighted by molar-refractivity contribution is 0.00142. The molecule has 0 bridgehead atoms. The van der Waals surface area contributed by atoms with Crippen molar-refractivity contribution in [2.24, 2.45) is 5.41 Å². The predicted molar refractivity (Wildman–Crippen MR) is 52.1 cm³/mol. The molecule has 0 aliphatic heterocycles. The Morgan fingerprint density at radius 3 is 2.25 bits per heavy atom. The van der Waals surface area contributed by atoms with Crippen LogP contribution in [0.4, 0.5) is 0 Å². The molecule has 72 valence electrons. The van der Waals surface area contributed by atoms with E-state index in [0.29, 0.717) is 0 Å². The van der Waals surface area contributed by atoms with Crippen LogP contribution >= 0.6 is 0 Å². The van der Waals surface area contributed by atoms with Gasteiger partial charge in [0.1, 0.15) is 0 Å². The lowest BCUT2D eigenvalue weighted by Gasteiger charge is -2.39. The molecule has 0 heterocycles. The molecule has 1 unspecified atom stereocenters. The number of aliphatic hydroxyl groups excluding tert-OH is 1. The zero-order chi connectivity index (χ0) is 9.03. The van der Waals surface area contributed by atoms with Gasteiger partial charge in [0.25, 0.3) is 0 Å². The molecule has 0 saturated heterocycles. The van der Waals surface area contributed by atoms with Crippen LogP contribution in [0.2, 0.25) is 0 Å². The summed E-state index contributed by atoms with van der Waals surface area (Å²) in [7, 11) is 0. The Bertz CT molecular complexity index is 117. The van der Waals surface area contributed by atoms with Crippen molar-refractivity contribution in [1.29, 1.82) is 0 Å². The Hall–Kier alpha value is -0.0400. The maximum Gasteiger partial charge on any atom is 0.0568 e. The lowest BCUT2D eigenvalue weighted by atomic mass is 9.68. The molecule has 0 amide bonds. The molecule has 1 atom stereocenters. The highest BCUT2D eigenvalue weighted by Gasteiger charge is 2.35. The number of hydrogen-bond donors (Lipinski definition) is 1. The molecule has 0 aromatic heterocycles. The van der Waals surface area contributed by atoms with Crippen molar-refractivity contribution >= 4 is 0 Å². The van der Waals surface area contributed by atoms with Gasteiger partial charge in [0, 0.05) is 0 Å². The third kappa shape index (κ3) is 2.01. The second-order valence-electron chi connectivity index (χ2n) is 4.35. The minimum absolute atomic E-state index is 0.0993. The number of rotatable bonds is 3. The van der Waals surface area contributed by atoms with E-state index in [0.717, 1.165) is 0 Å². The highest BCUT2D eigenvalue weighted by molar-refractivity contribution is 4.86. The predicted octanol–water partition coefficient (Wildman–Crippen LogP) is 3.12. The van der Waals surface area contributed by atoms with Gasteiger partial charge in [-0.05, 0) is 31.6 Å². The van der Waals surface area contributed by atoms with E-state index in [1.807, 2.05) is 6.92 Å². The summed E-state index contributed by atoms with van der Waals surface area (Å²) in [5.41, 5.74) is 0.285. The minimum atomic E-state index is -0.0993. The van der Waals surface area contributed by atoms with E-state index in [1.165, 1.54) is 44.9 Å². The lowest BCUT2D eigenvalue weighted by Crippen LogP contribution is -2.35. The molecule has 0 aromatic carbocycles. The van der Waals surface area contributed by atoms with E-state index >= 15 is 0 Å². The molecule has 12 heavy (non-hydrogen) atoms. The Morgan fingerprint density at radius 1 is 1.25 bits per heavy atom. The van der Waals surface area contributed by atoms with Gasteiger partial charge in [-0.1, -0.05) is 32.6 Å². The van der Waals surface area contributed by atoms with Crippen LogP contribution in [0.15, 0.2) is 0 Å². The highest BCUT2D eigenvalue weighted by atomic mass is 16.3. The number of hydrogen-bond acceptors (Lipinski definition) is 1. The molecule has 0 radical (unpaired) electrons. The summed E-state index contributed by atoms with van der Waals surface area (Å²) in [6, 6.07) is 0. The quantitative estimate of drug-likeness (QED) is 0.690. The SMILES string of the molecule is CCCC1(C(C)O)CCCCC1. The van der Waals surface area contributed by atoms with E-state index in [4.69, 9.17) is 0 Å². The molecule has 1 nitrogen and oxygen atoms in total. The average Bonchev–Trinajstić information content (AvgIpc) is 2.06. The van der Waals surface area contributed by atoms with Crippen molar-refractivity contribution in [3.8, 4) is 0 Å². The van der Waals surface area contributed by atoms with E-state index in [9.17, 15) is 5.11 Å². The molecule has 1 aliphatic rings. The van der Waals surface area contributed by atoms with Crippen molar-refractivity contribution in [2.75, 3.05) is 0 Å². The van der Waals surface area contributed by atoms with Crippen LogP contribution in [-0.2, 0) is 0 Å². The van der Waals surface area contributed by atoms with E-state index in [2.05, 4.69) is 6.92 Å². The largest absolute Gasteiger partial charge is 0.393 e. The van der Waals surface area contributed by atoms with Gasteiger partial charge in [-0.25, -0.2) is 0 Å². The third-order valence-electron chi connectivity index (χ3n) is 3.48. The van der Waals surface area contributed by atoms with E-state index < -0.39 is 0 Å². The summed E-state index contributed by atoms with van der Waals surface area (Å²) in [5, 5.41) is 9.76. The Labute approximate surface area is 76.2 Å². The molecule has 0 aromatic rings. The zero-order valence-electron chi connectivity index (χ0n) is 8.47. The van der Waals surface area contributed by atoms with E-state index in [-0.39, 0.29) is 11.5 Å². The first-order valence-electron chi connectivity index (χ1n) is 5.39. The smallest absolute Gasteiger partial charge is 0.0568 e. The van der Waals surface area contributed by atoms with Crippen LogP contribution in [0.3, 0.4) is 0 Å². The van der Waals surface area contributed by atoms with Crippen molar-refractivity contribution in [1.82, 2.24) is 0 Å². The molecule has 1 N–H and O–H groups in total. The monoisotopic (exact) mass is 170 g/mol. The molecule has 1 aliphatic carbocycles. The van der Waals surface area contributed by atoms with Gasteiger partial charge in [0.2, 0.25) is 0 Å². The fraction of sp³-hybridized carbons (Fsp3) is 1.00. The maximum atomic E-state index is 9.76. The Morgan fingerprint density at radius 2 is 1.83 bits per heavy atom. The van der Waals surface area contributed by atoms with Gasteiger partial charge in [0.15, 0.2) is 0 Å². The highest BCUT2D eigenvalue weighted by Crippen LogP contribution is 2.42. The van der Waals surface area contributed by atoms with Crippen LogP contribution in [0, 0.1) is 5.41 Å². The molecule has 1 rings (SSSR count). The third-order valence-corrected chi connectivity index (χ3v) is 3.48. The summed E-state index contributed by atoms with van der Waals surface area (Å²) in [4.78, 5) is 0. The van der Waals surface area contributed by atoms with Crippen molar-refractivity contribution < 1.29 is 5.11 Å². The fourth-order valence-electron chi connectivity index (χ4n) is 2.63. The zero-order valence-corrected chi connectivity index (χ0v) is 8.47. The topological polar surface area (TPSA) is 20.2 Å². The Balaban J connectivity index is 2.56. The van der Waals surface area contributed by atoms with Crippen LogP contribution < -0.4 is 0 Å². The second-order valence-corrected chi connectivity index (χ2v) is 4.35. The van der Waals surface area contributed by atoms with Gasteiger partial charge in [-0.3, -0.25) is 0 Å². The second kappa shape index (κ2) is 4.27. The first-order valence-corrected chi connectivity index (χ1v) is 5.39. The van der Waals surface area contributed by atoms with Crippen molar-refractivity contribution in [3.05, 3.63) is 0 Å². The van der Waals surface area contributed by atoms with Gasteiger partial charge >= 0.3 is 0 Å². The molecule has 1 saturated carbocycles. The van der Waals surface area contributed by atoms with Crippen molar-refractivity contribution in [2.45, 2.75) is 64.9 Å². The molecule has 0 spiro atoms. The Kier molecular flexibility index (Phi) is 3.57. The van der Waals surface area contributed by atoms with Gasteiger partial charge in [-0.2, -0.15) is 0 Å². The summed E-state index contributed by atoms with van der Waals surface area (Å²) in [5.74, 6) is 0. The van der Waals surface area contributed by atoms with Gasteiger partial charge in [0.05, 0.1) is 6.10 Å². The molecular formula is C11H22O. The van der Waals surface area contributed by atoms with Gasteiger partial charge < -0.3 is 5.11 Å². The maximum absolute atomic E-state index is 9.76. The summed E-state index contributed by atoms with van der Waals surface area (Å²) < 4.78 is 0. The summed E-state index contributed by atoms with van der Waals surface area (Å²) in [6.07, 6.45) is 8.85. The summed E-state index contributed by atoms with van der Waals surface area (Å²) >= 11 is 0. The normalized spacial score (nSPS) is 25.2. The standard InChI is InChI=1S/C11H22O/c1-3-7-11(10(2)12)8-5-4-6-9-11/h10,12H,3-9H2,1-2H3. The van der Waals surface area contributed by atoms with Gasteiger partial charge in [-0.15, -0.1) is 0 Å². The molecular weight excluding hydrogens is 148 g/mol. The number of aliphatic hydroxyl groups is 1. The van der Waals surface area contributed by atoms with E-state index in [1.54, 1.807) is 0 Å². The fourth-order valence-corrected chi connectivity index (χ4v) is 2.63. The first-order chi connectivity index (χ1) is 5.71. The van der Waals surface area contributed by atoms with Crippen LogP contribution in [-0.4, -0.2) is 11.2 Å². The van der Waals surface area contributed by atoms with Crippen molar-refractivity contribution in [3.63, 3.8) is 0 Å². The first kappa shape index (κ1) is 10.0. The van der Waals surface area contributed by atoms with Crippen LogP contribution in [0.5, 0.6) is 0 Å². The summed E-state index contributed by atoms with van der Waals surface area (Å²) in [6.45, 7) is 4.19. The minimum Gasteiger partial charge on any atom is -0.393 e. The molecule has 1 fully saturated rings. The van der Waals surface area contributed by atoms with Crippen LogP contribution in [0.25, 0.3) is 0 Å².